The van der Waals surface area contributed by atoms with Crippen LogP contribution in [-0.4, -0.2) is 43.0 Å². The number of methoxy groups -OCH3 is 2. The number of benzene rings is 1. The van der Waals surface area contributed by atoms with Gasteiger partial charge in [-0.25, -0.2) is 0 Å². The van der Waals surface area contributed by atoms with E-state index in [0.29, 0.717) is 21.9 Å². The Morgan fingerprint density at radius 3 is 2.56 bits per heavy atom. The molecule has 0 saturated carbocycles. The van der Waals surface area contributed by atoms with E-state index in [4.69, 9.17) is 9.47 Å². The lowest BCUT2D eigenvalue weighted by Gasteiger charge is -2.25. The molecule has 1 aliphatic heterocycles. The fourth-order valence-electron chi connectivity index (χ4n) is 2.99. The highest BCUT2D eigenvalue weighted by Crippen LogP contribution is 2.44. The molecule has 7 heteroatoms. The largest absolute Gasteiger partial charge is 0.503 e. The number of amides is 1. The molecular formula is C18H17NO5S. The molecule has 1 aliphatic rings. The van der Waals surface area contributed by atoms with Gasteiger partial charge in [0.2, 0.25) is 5.78 Å². The topological polar surface area (TPSA) is 76.1 Å². The Bertz CT molecular complexity index is 856. The molecule has 2 aromatic rings. The first-order valence-electron chi connectivity index (χ1n) is 7.50. The van der Waals surface area contributed by atoms with E-state index in [1.165, 1.54) is 37.5 Å². The highest BCUT2D eigenvalue weighted by Gasteiger charge is 2.43. The first kappa shape index (κ1) is 17.0. The maximum atomic E-state index is 12.9. The lowest BCUT2D eigenvalue weighted by atomic mass is 9.94. The van der Waals surface area contributed by atoms with Crippen LogP contribution >= 0.6 is 11.3 Å². The van der Waals surface area contributed by atoms with E-state index in [2.05, 4.69) is 0 Å². The van der Waals surface area contributed by atoms with Gasteiger partial charge in [0.25, 0.3) is 5.91 Å². The summed E-state index contributed by atoms with van der Waals surface area (Å²) in [5.41, 5.74) is 0.614. The minimum Gasteiger partial charge on any atom is -0.503 e. The quantitative estimate of drug-likeness (QED) is 0.831. The van der Waals surface area contributed by atoms with Crippen molar-refractivity contribution in [2.75, 3.05) is 21.3 Å². The van der Waals surface area contributed by atoms with Gasteiger partial charge in [0.1, 0.15) is 0 Å². The molecule has 25 heavy (non-hydrogen) atoms. The van der Waals surface area contributed by atoms with Gasteiger partial charge < -0.3 is 19.5 Å². The van der Waals surface area contributed by atoms with Crippen LogP contribution < -0.4 is 9.47 Å². The first-order valence-corrected chi connectivity index (χ1v) is 8.38. The van der Waals surface area contributed by atoms with Crippen molar-refractivity contribution in [2.45, 2.75) is 6.04 Å². The van der Waals surface area contributed by atoms with Crippen LogP contribution in [0.2, 0.25) is 0 Å². The number of thiophene rings is 1. The zero-order valence-electron chi connectivity index (χ0n) is 14.0. The number of hydrogen-bond donors (Lipinski definition) is 1. The Balaban J connectivity index is 2.17. The second-order valence-electron chi connectivity index (χ2n) is 5.47. The molecule has 1 aromatic heterocycles. The summed E-state index contributed by atoms with van der Waals surface area (Å²) in [4.78, 5) is 27.0. The summed E-state index contributed by atoms with van der Waals surface area (Å²) < 4.78 is 10.7. The Morgan fingerprint density at radius 1 is 1.20 bits per heavy atom. The van der Waals surface area contributed by atoms with Gasteiger partial charge in [-0.3, -0.25) is 9.59 Å². The van der Waals surface area contributed by atoms with Gasteiger partial charge in [-0.15, -0.1) is 11.3 Å². The van der Waals surface area contributed by atoms with E-state index < -0.39 is 17.7 Å². The number of carbonyl (C=O) groups excluding carboxylic acids is 2. The van der Waals surface area contributed by atoms with Gasteiger partial charge in [-0.1, -0.05) is 18.2 Å². The molecule has 6 nitrogen and oxygen atoms in total. The van der Waals surface area contributed by atoms with Gasteiger partial charge in [0, 0.05) is 12.6 Å². The summed E-state index contributed by atoms with van der Waals surface area (Å²) in [6.45, 7) is 0. The molecule has 2 heterocycles. The predicted octanol–water partition coefficient (Wildman–Crippen LogP) is 2.97. The Hall–Kier alpha value is -2.80. The third-order valence-corrected chi connectivity index (χ3v) is 5.02. The van der Waals surface area contributed by atoms with Crippen molar-refractivity contribution in [1.82, 2.24) is 4.90 Å². The normalized spacial score (nSPS) is 17.2. The smallest absolute Gasteiger partial charge is 0.289 e. The fraction of sp³-hybridized carbons (Fsp3) is 0.222. The van der Waals surface area contributed by atoms with E-state index in [9.17, 15) is 14.7 Å². The molecule has 1 N–H and O–H groups in total. The summed E-state index contributed by atoms with van der Waals surface area (Å²) in [5, 5.41) is 12.1. The second-order valence-corrected chi connectivity index (χ2v) is 6.42. The molecule has 0 bridgehead atoms. The summed E-state index contributed by atoms with van der Waals surface area (Å²) in [5.74, 6) is -0.610. The van der Waals surface area contributed by atoms with Gasteiger partial charge in [0.05, 0.1) is 30.7 Å². The third kappa shape index (κ3) is 2.66. The zero-order chi connectivity index (χ0) is 18.1. The number of ketones is 1. The van der Waals surface area contributed by atoms with E-state index in [0.717, 1.165) is 0 Å². The van der Waals surface area contributed by atoms with Crippen molar-refractivity contribution >= 4 is 23.0 Å². The van der Waals surface area contributed by atoms with Gasteiger partial charge in [-0.2, -0.15) is 0 Å². The van der Waals surface area contributed by atoms with Crippen LogP contribution in [0.25, 0.3) is 0 Å². The standard InChI is InChI=1S/C18H17NO5S/c1-19-14(10-6-4-7-11(23-2)17(10)24-3)13(16(21)18(19)22)15(20)12-8-5-9-25-12/h4-9,14,21H,1-3H3. The molecular weight excluding hydrogens is 342 g/mol. The molecule has 0 saturated heterocycles. The molecule has 1 amide bonds. The van der Waals surface area contributed by atoms with Crippen molar-refractivity contribution in [2.24, 2.45) is 0 Å². The maximum Gasteiger partial charge on any atom is 0.289 e. The summed E-state index contributed by atoms with van der Waals surface area (Å²) >= 11 is 1.26. The number of aliphatic hydroxyl groups is 1. The van der Waals surface area contributed by atoms with Crippen molar-refractivity contribution in [1.29, 1.82) is 0 Å². The molecule has 1 unspecified atom stereocenters. The number of ether oxygens (including phenoxy) is 2. The molecule has 0 aliphatic carbocycles. The Labute approximate surface area is 148 Å². The maximum absolute atomic E-state index is 12.9. The average molecular weight is 359 g/mol. The zero-order valence-corrected chi connectivity index (χ0v) is 14.8. The highest BCUT2D eigenvalue weighted by molar-refractivity contribution is 7.12. The van der Waals surface area contributed by atoms with Crippen LogP contribution in [-0.2, 0) is 4.79 Å². The number of rotatable bonds is 5. The molecule has 0 radical (unpaired) electrons. The SMILES string of the molecule is COc1cccc(C2C(C(=O)c3cccs3)=C(O)C(=O)N2C)c1OC. The van der Waals surface area contributed by atoms with Gasteiger partial charge in [-0.05, 0) is 17.5 Å². The van der Waals surface area contributed by atoms with Gasteiger partial charge >= 0.3 is 0 Å². The lowest BCUT2D eigenvalue weighted by molar-refractivity contribution is -0.128. The van der Waals surface area contributed by atoms with Crippen LogP contribution in [0, 0.1) is 0 Å². The van der Waals surface area contributed by atoms with Crippen LogP contribution in [0.1, 0.15) is 21.3 Å². The number of likely N-dealkylation sites (N-methyl/N-ethyl adjacent to an activating group) is 1. The average Bonchev–Trinajstić information content (AvgIpc) is 3.24. The van der Waals surface area contributed by atoms with Crippen LogP contribution in [0.4, 0.5) is 0 Å². The number of para-hydroxylation sites is 1. The Kier molecular flexibility index (Phi) is 4.50. The minimum absolute atomic E-state index is 0.0431. The van der Waals surface area contributed by atoms with Crippen LogP contribution in [0.3, 0.4) is 0 Å². The minimum atomic E-state index is -0.757. The highest BCUT2D eigenvalue weighted by atomic mass is 32.1. The van der Waals surface area contributed by atoms with E-state index in [1.807, 2.05) is 0 Å². The second kappa shape index (κ2) is 6.60. The number of carbonyl (C=O) groups is 2. The van der Waals surface area contributed by atoms with Crippen molar-refractivity contribution in [3.63, 3.8) is 0 Å². The molecule has 1 atom stereocenters. The van der Waals surface area contributed by atoms with Crippen molar-refractivity contribution in [3.05, 3.63) is 57.5 Å². The van der Waals surface area contributed by atoms with Crippen molar-refractivity contribution < 1.29 is 24.2 Å². The van der Waals surface area contributed by atoms with Crippen molar-refractivity contribution in [3.8, 4) is 11.5 Å². The summed E-state index contributed by atoms with van der Waals surface area (Å²) in [6, 6.07) is 7.87. The number of hydrogen-bond acceptors (Lipinski definition) is 6. The first-order chi connectivity index (χ1) is 12.0. The van der Waals surface area contributed by atoms with Crippen LogP contribution in [0.15, 0.2) is 47.0 Å². The number of nitrogens with zero attached hydrogens (tertiary/aromatic N) is 1. The molecule has 130 valence electrons. The number of Topliss-reactive ketones (excluding diaryl/α,β-unsaturated/α-hetero) is 1. The lowest BCUT2D eigenvalue weighted by Crippen LogP contribution is -2.27. The Morgan fingerprint density at radius 2 is 1.96 bits per heavy atom. The van der Waals surface area contributed by atoms with E-state index >= 15 is 0 Å². The summed E-state index contributed by atoms with van der Waals surface area (Å²) in [7, 11) is 4.54. The monoisotopic (exact) mass is 359 g/mol. The predicted molar refractivity (Wildman–Crippen MR) is 93.4 cm³/mol. The van der Waals surface area contributed by atoms with Crippen LogP contribution in [0.5, 0.6) is 11.5 Å². The molecule has 1 aromatic carbocycles. The molecule has 0 spiro atoms. The number of aliphatic hydroxyl groups excluding tert-OH is 1. The van der Waals surface area contributed by atoms with Gasteiger partial charge in [0.15, 0.2) is 17.3 Å². The molecule has 0 fully saturated rings. The third-order valence-electron chi connectivity index (χ3n) is 4.16. The fourth-order valence-corrected chi connectivity index (χ4v) is 3.66. The van der Waals surface area contributed by atoms with E-state index in [-0.39, 0.29) is 11.4 Å². The molecule has 3 rings (SSSR count). The van der Waals surface area contributed by atoms with E-state index in [1.54, 1.807) is 35.7 Å². The summed E-state index contributed by atoms with van der Waals surface area (Å²) in [6.07, 6.45) is 0.